The highest BCUT2D eigenvalue weighted by Gasteiger charge is 2.22. The summed E-state index contributed by atoms with van der Waals surface area (Å²) in [6, 6.07) is 6.38. The summed E-state index contributed by atoms with van der Waals surface area (Å²) in [6.45, 7) is 4.23. The Morgan fingerprint density at radius 2 is 1.91 bits per heavy atom. The molecule has 0 unspecified atom stereocenters. The van der Waals surface area contributed by atoms with E-state index in [0.717, 1.165) is 0 Å². The van der Waals surface area contributed by atoms with Crippen molar-refractivity contribution >= 4 is 19.2 Å². The van der Waals surface area contributed by atoms with Crippen LogP contribution in [0.1, 0.15) is 33.1 Å². The Morgan fingerprint density at radius 3 is 2.50 bits per heavy atom. The van der Waals surface area contributed by atoms with Crippen LogP contribution in [0.5, 0.6) is 5.75 Å². The molecule has 2 N–H and O–H groups in total. The van der Waals surface area contributed by atoms with Crippen molar-refractivity contribution < 1.29 is 23.5 Å². The highest BCUT2D eigenvalue weighted by molar-refractivity contribution is 7.53. The molecule has 0 aromatic heterocycles. The van der Waals surface area contributed by atoms with E-state index in [1.54, 1.807) is 26.0 Å². The van der Waals surface area contributed by atoms with Crippen LogP contribution in [0.25, 0.3) is 0 Å². The number of hydrogen-bond donors (Lipinski definition) is 2. The molecule has 0 radical (unpaired) electrons. The number of phenols is 1. The number of aromatic hydroxyl groups is 1. The molecular formula is C15H24NO5P. The summed E-state index contributed by atoms with van der Waals surface area (Å²) >= 11 is 0. The summed E-state index contributed by atoms with van der Waals surface area (Å²) in [4.78, 5) is 11.8. The van der Waals surface area contributed by atoms with E-state index in [1.807, 2.05) is 0 Å². The zero-order valence-corrected chi connectivity index (χ0v) is 14.0. The highest BCUT2D eigenvalue weighted by Crippen LogP contribution is 2.48. The molecule has 7 heteroatoms. The molecule has 0 aliphatic rings. The number of anilines is 1. The lowest BCUT2D eigenvalue weighted by Gasteiger charge is -2.16. The maximum absolute atomic E-state index is 12.2. The first-order valence-corrected chi connectivity index (χ1v) is 9.19. The van der Waals surface area contributed by atoms with Crippen LogP contribution in [-0.4, -0.2) is 30.4 Å². The number of nitrogens with one attached hydrogen (secondary N) is 1. The number of benzene rings is 1. The van der Waals surface area contributed by atoms with Gasteiger partial charge in [-0.15, -0.1) is 0 Å². The van der Waals surface area contributed by atoms with Gasteiger partial charge < -0.3 is 19.5 Å². The van der Waals surface area contributed by atoms with Crippen LogP contribution in [0.15, 0.2) is 24.3 Å². The largest absolute Gasteiger partial charge is 0.508 e. The van der Waals surface area contributed by atoms with Crippen molar-refractivity contribution in [1.29, 1.82) is 0 Å². The van der Waals surface area contributed by atoms with Crippen LogP contribution < -0.4 is 5.32 Å². The molecule has 1 aromatic rings. The van der Waals surface area contributed by atoms with E-state index in [-0.39, 0.29) is 11.7 Å². The number of hydrogen-bond acceptors (Lipinski definition) is 5. The van der Waals surface area contributed by atoms with Crippen LogP contribution in [0.4, 0.5) is 5.69 Å². The lowest BCUT2D eigenvalue weighted by molar-refractivity contribution is -0.116. The van der Waals surface area contributed by atoms with E-state index in [9.17, 15) is 14.5 Å². The van der Waals surface area contributed by atoms with Crippen molar-refractivity contribution in [2.24, 2.45) is 0 Å². The number of amides is 1. The van der Waals surface area contributed by atoms with Crippen molar-refractivity contribution in [3.8, 4) is 5.75 Å². The standard InChI is InChI=1S/C15H24NO5P/c1-3-20-22(19,21-4-2)11-6-5-10-15(18)16-13-8-7-9-14(17)12-13/h7-9,12,17H,3-6,10-11H2,1-2H3,(H,16,18). The normalized spacial score (nSPS) is 11.4. The summed E-state index contributed by atoms with van der Waals surface area (Å²) in [5.74, 6) is -0.0413. The van der Waals surface area contributed by atoms with Gasteiger partial charge in [-0.05, 0) is 38.8 Å². The van der Waals surface area contributed by atoms with Crippen molar-refractivity contribution in [2.45, 2.75) is 33.1 Å². The average Bonchev–Trinajstić information content (AvgIpc) is 2.44. The maximum Gasteiger partial charge on any atom is 0.330 e. The number of carbonyl (C=O) groups is 1. The van der Waals surface area contributed by atoms with Gasteiger partial charge in [-0.1, -0.05) is 6.07 Å². The quantitative estimate of drug-likeness (QED) is 0.504. The van der Waals surface area contributed by atoms with Gasteiger partial charge in [-0.3, -0.25) is 9.36 Å². The van der Waals surface area contributed by atoms with Gasteiger partial charge in [-0.2, -0.15) is 0 Å². The molecule has 0 spiro atoms. The van der Waals surface area contributed by atoms with Crippen LogP contribution in [0, 0.1) is 0 Å². The minimum Gasteiger partial charge on any atom is -0.508 e. The second-order valence-electron chi connectivity index (χ2n) is 4.73. The fraction of sp³-hybridized carbons (Fsp3) is 0.533. The molecule has 0 fully saturated rings. The predicted molar refractivity (Wildman–Crippen MR) is 86.3 cm³/mol. The third kappa shape index (κ3) is 7.07. The van der Waals surface area contributed by atoms with Crippen molar-refractivity contribution in [1.82, 2.24) is 0 Å². The van der Waals surface area contributed by atoms with Crippen molar-refractivity contribution in [3.63, 3.8) is 0 Å². The van der Waals surface area contributed by atoms with Crippen molar-refractivity contribution in [3.05, 3.63) is 24.3 Å². The van der Waals surface area contributed by atoms with E-state index < -0.39 is 7.60 Å². The van der Waals surface area contributed by atoms with Gasteiger partial charge in [-0.25, -0.2) is 0 Å². The van der Waals surface area contributed by atoms with Crippen LogP contribution in [0.2, 0.25) is 0 Å². The molecule has 22 heavy (non-hydrogen) atoms. The molecule has 1 rings (SSSR count). The number of unbranched alkanes of at least 4 members (excludes halogenated alkanes) is 1. The molecule has 6 nitrogen and oxygen atoms in total. The first-order chi connectivity index (χ1) is 10.5. The molecule has 0 saturated carbocycles. The van der Waals surface area contributed by atoms with E-state index in [1.165, 1.54) is 12.1 Å². The lowest BCUT2D eigenvalue weighted by Crippen LogP contribution is -2.11. The SMILES string of the molecule is CCOP(=O)(CCCCC(=O)Nc1cccc(O)c1)OCC. The minimum atomic E-state index is -3.02. The Morgan fingerprint density at radius 1 is 1.23 bits per heavy atom. The number of carbonyl (C=O) groups excluding carboxylic acids is 1. The second-order valence-corrected chi connectivity index (χ2v) is 6.91. The Bertz CT molecular complexity index is 510. The smallest absolute Gasteiger partial charge is 0.330 e. The molecule has 124 valence electrons. The van der Waals surface area contributed by atoms with Gasteiger partial charge in [0.15, 0.2) is 0 Å². The monoisotopic (exact) mass is 329 g/mol. The first kappa shape index (κ1) is 18.7. The molecule has 0 aliphatic heterocycles. The summed E-state index contributed by atoms with van der Waals surface area (Å²) in [5.41, 5.74) is 0.555. The summed E-state index contributed by atoms with van der Waals surface area (Å²) in [7, 11) is -3.02. The van der Waals surface area contributed by atoms with E-state index >= 15 is 0 Å². The van der Waals surface area contributed by atoms with E-state index in [4.69, 9.17) is 9.05 Å². The zero-order chi connectivity index (χ0) is 16.4. The predicted octanol–water partition coefficient (Wildman–Crippen LogP) is 3.77. The van der Waals surface area contributed by atoms with Gasteiger partial charge >= 0.3 is 7.60 Å². The van der Waals surface area contributed by atoms with Gasteiger partial charge in [0.25, 0.3) is 0 Å². The summed E-state index contributed by atoms with van der Waals surface area (Å²) in [6.07, 6.45) is 1.81. The molecule has 0 aliphatic carbocycles. The Labute approximate surface area is 131 Å². The molecule has 0 bridgehead atoms. The van der Waals surface area contributed by atoms with Gasteiger partial charge in [0.05, 0.1) is 19.4 Å². The van der Waals surface area contributed by atoms with E-state index in [0.29, 0.717) is 44.3 Å². The lowest BCUT2D eigenvalue weighted by atomic mass is 10.2. The Balaban J connectivity index is 2.31. The molecule has 1 aromatic carbocycles. The minimum absolute atomic E-state index is 0.104. The zero-order valence-electron chi connectivity index (χ0n) is 13.1. The first-order valence-electron chi connectivity index (χ1n) is 7.46. The third-order valence-corrected chi connectivity index (χ3v) is 5.03. The molecule has 0 heterocycles. The molecule has 0 saturated heterocycles. The maximum atomic E-state index is 12.2. The molecular weight excluding hydrogens is 305 g/mol. The fourth-order valence-corrected chi connectivity index (χ4v) is 3.69. The topological polar surface area (TPSA) is 84.9 Å². The Hall–Kier alpha value is -1.36. The fourth-order valence-electron chi connectivity index (χ4n) is 1.96. The summed E-state index contributed by atoms with van der Waals surface area (Å²) < 4.78 is 22.6. The van der Waals surface area contributed by atoms with E-state index in [2.05, 4.69) is 5.32 Å². The van der Waals surface area contributed by atoms with Gasteiger partial charge in [0, 0.05) is 18.2 Å². The van der Waals surface area contributed by atoms with Crippen molar-refractivity contribution in [2.75, 3.05) is 24.7 Å². The Kier molecular flexibility index (Phi) is 8.17. The number of phenolic OH excluding ortho intramolecular Hbond substituents is 1. The average molecular weight is 329 g/mol. The third-order valence-electron chi connectivity index (χ3n) is 2.87. The summed E-state index contributed by atoms with van der Waals surface area (Å²) in [5, 5.41) is 12.0. The highest BCUT2D eigenvalue weighted by atomic mass is 31.2. The second kappa shape index (κ2) is 9.62. The van der Waals surface area contributed by atoms with Crippen LogP contribution >= 0.6 is 7.60 Å². The molecule has 0 atom stereocenters. The van der Waals surface area contributed by atoms with Gasteiger partial charge in [0.1, 0.15) is 5.75 Å². The number of rotatable bonds is 10. The van der Waals surface area contributed by atoms with Crippen LogP contribution in [0.3, 0.4) is 0 Å². The van der Waals surface area contributed by atoms with Crippen LogP contribution in [-0.2, 0) is 18.4 Å². The molecule has 1 amide bonds. The van der Waals surface area contributed by atoms with Gasteiger partial charge in [0.2, 0.25) is 5.91 Å².